The van der Waals surface area contributed by atoms with E-state index in [0.29, 0.717) is 22.3 Å². The number of pyridine rings is 4. The van der Waals surface area contributed by atoms with Crippen molar-refractivity contribution in [3.8, 4) is 0 Å². The van der Waals surface area contributed by atoms with E-state index in [1.165, 1.54) is 24.8 Å². The van der Waals surface area contributed by atoms with E-state index in [9.17, 15) is 38.4 Å². The van der Waals surface area contributed by atoms with Crippen LogP contribution in [-0.2, 0) is 19.2 Å². The third kappa shape index (κ3) is 28.6. The first-order valence-corrected chi connectivity index (χ1v) is 14.1. The van der Waals surface area contributed by atoms with Gasteiger partial charge in [0.2, 0.25) is 23.6 Å². The lowest BCUT2D eigenvalue weighted by Gasteiger charge is -1.88. The zero-order chi connectivity index (χ0) is 39.9. The minimum atomic E-state index is -1.08. The maximum absolute atomic E-state index is 10.4. The third-order valence-corrected chi connectivity index (χ3v) is 4.89. The molecule has 0 saturated carbocycles. The molecule has 0 unspecified atom stereocenters. The predicted molar refractivity (Wildman–Crippen MR) is 180 cm³/mol. The maximum Gasteiger partial charge on any atom is 0.303 e. The Kier molecular flexibility index (Phi) is 25.4. The van der Waals surface area contributed by atoms with Gasteiger partial charge in [0, 0.05) is 49.6 Å². The van der Waals surface area contributed by atoms with Crippen molar-refractivity contribution in [1.82, 2.24) is 19.9 Å². The molecule has 4 amide bonds. The maximum atomic E-state index is 10.4. The van der Waals surface area contributed by atoms with Gasteiger partial charge in [-0.15, -0.1) is 0 Å². The van der Waals surface area contributed by atoms with Crippen LogP contribution in [0.15, 0.2) is 98.1 Å². The highest BCUT2D eigenvalue weighted by atomic mass is 16.4. The van der Waals surface area contributed by atoms with Gasteiger partial charge in [-0.1, -0.05) is 0 Å². The summed E-state index contributed by atoms with van der Waals surface area (Å²) in [7, 11) is 0. The summed E-state index contributed by atoms with van der Waals surface area (Å²) < 4.78 is 0. The van der Waals surface area contributed by atoms with E-state index in [2.05, 4.69) is 19.9 Å². The van der Waals surface area contributed by atoms with Crippen molar-refractivity contribution < 1.29 is 58.8 Å². The Morgan fingerprint density at radius 1 is 0.385 bits per heavy atom. The van der Waals surface area contributed by atoms with Crippen LogP contribution in [0.5, 0.6) is 0 Å². The first-order valence-electron chi connectivity index (χ1n) is 14.1. The van der Waals surface area contributed by atoms with Crippen LogP contribution >= 0.6 is 0 Å². The summed E-state index contributed by atoms with van der Waals surface area (Å²) in [6, 6.07) is 13.1. The van der Waals surface area contributed by atoms with Crippen LogP contribution in [0.4, 0.5) is 0 Å². The van der Waals surface area contributed by atoms with Gasteiger partial charge in [-0.25, -0.2) is 0 Å². The van der Waals surface area contributed by atoms with E-state index in [-0.39, 0.29) is 25.7 Å². The number of rotatable bonds is 10. The molecule has 4 heterocycles. The van der Waals surface area contributed by atoms with Gasteiger partial charge in [0.1, 0.15) is 0 Å². The molecule has 20 nitrogen and oxygen atoms in total. The second-order valence-electron chi connectivity index (χ2n) is 9.00. The van der Waals surface area contributed by atoms with E-state index < -0.39 is 47.5 Å². The first kappa shape index (κ1) is 46.5. The molecular formula is C32H36N8O12. The van der Waals surface area contributed by atoms with Crippen LogP contribution in [0.1, 0.15) is 67.1 Å². The third-order valence-electron chi connectivity index (χ3n) is 4.89. The molecule has 0 fully saturated rings. The molecule has 0 atom stereocenters. The van der Waals surface area contributed by atoms with Crippen molar-refractivity contribution in [3.05, 3.63) is 120 Å². The standard InChI is InChI=1S/4C6H6N2O.2C4H6O4/c4*7-6(9)5-2-1-3-8-4-5;2*5-3(6)1-2-4(7)8/h4*1-4H,(H2,7,9);2*1-2H2,(H,5,6)(H,7,8). The van der Waals surface area contributed by atoms with Gasteiger partial charge in [-0.2, -0.15) is 0 Å². The number of carbonyl (C=O) groups excluding carboxylic acids is 4. The fourth-order valence-electron chi connectivity index (χ4n) is 2.46. The number of primary amides is 4. The fraction of sp³-hybridized carbons (Fsp3) is 0.125. The normalized spacial score (nSPS) is 8.77. The lowest BCUT2D eigenvalue weighted by atomic mass is 10.3. The Morgan fingerprint density at radius 2 is 0.558 bits per heavy atom. The van der Waals surface area contributed by atoms with Crippen molar-refractivity contribution >= 4 is 47.5 Å². The van der Waals surface area contributed by atoms with E-state index in [4.69, 9.17) is 43.4 Å². The molecule has 0 aliphatic carbocycles. The number of hydrogen-bond donors (Lipinski definition) is 8. The minimum absolute atomic E-state index is 0.296. The molecule has 12 N–H and O–H groups in total. The van der Waals surface area contributed by atoms with Crippen LogP contribution in [-0.4, -0.2) is 87.9 Å². The fourth-order valence-corrected chi connectivity index (χ4v) is 2.46. The van der Waals surface area contributed by atoms with Crippen molar-refractivity contribution in [1.29, 1.82) is 0 Å². The van der Waals surface area contributed by atoms with Crippen molar-refractivity contribution in [2.45, 2.75) is 25.7 Å². The van der Waals surface area contributed by atoms with E-state index in [1.54, 1.807) is 73.3 Å². The van der Waals surface area contributed by atoms with Crippen LogP contribution in [0, 0.1) is 0 Å². The van der Waals surface area contributed by atoms with Gasteiger partial charge in [-0.3, -0.25) is 58.3 Å². The van der Waals surface area contributed by atoms with E-state index in [0.717, 1.165) is 0 Å². The zero-order valence-corrected chi connectivity index (χ0v) is 27.2. The van der Waals surface area contributed by atoms with Crippen molar-refractivity contribution in [2.24, 2.45) is 22.9 Å². The summed E-state index contributed by atoms with van der Waals surface area (Å²) in [5.41, 5.74) is 21.5. The summed E-state index contributed by atoms with van der Waals surface area (Å²) in [6.45, 7) is 0. The predicted octanol–water partition coefficient (Wildman–Crippen LogP) is 0.594. The molecule has 0 aliphatic rings. The van der Waals surface area contributed by atoms with Crippen LogP contribution in [0.25, 0.3) is 0 Å². The summed E-state index contributed by atoms with van der Waals surface area (Å²) in [6.07, 6.45) is 10.9. The highest BCUT2D eigenvalue weighted by Gasteiger charge is 2.01. The second kappa shape index (κ2) is 28.4. The number of amides is 4. The van der Waals surface area contributed by atoms with Gasteiger partial charge in [0.15, 0.2) is 0 Å². The highest BCUT2D eigenvalue weighted by molar-refractivity contribution is 5.93. The molecule has 4 aromatic heterocycles. The highest BCUT2D eigenvalue weighted by Crippen LogP contribution is 1.94. The average Bonchev–Trinajstić information content (AvgIpc) is 3.12. The second-order valence-corrected chi connectivity index (χ2v) is 9.00. The van der Waals surface area contributed by atoms with Gasteiger partial charge >= 0.3 is 23.9 Å². The lowest BCUT2D eigenvalue weighted by Crippen LogP contribution is -2.10. The van der Waals surface area contributed by atoms with Crippen LogP contribution in [0.3, 0.4) is 0 Å². The van der Waals surface area contributed by atoms with Gasteiger partial charge in [0.05, 0.1) is 47.9 Å². The molecule has 0 aliphatic heterocycles. The number of carboxylic acids is 4. The van der Waals surface area contributed by atoms with Crippen molar-refractivity contribution in [3.63, 3.8) is 0 Å². The van der Waals surface area contributed by atoms with Crippen LogP contribution < -0.4 is 22.9 Å². The van der Waals surface area contributed by atoms with E-state index in [1.807, 2.05) is 0 Å². The molecule has 0 aromatic carbocycles. The molecule has 0 bridgehead atoms. The summed E-state index contributed by atoms with van der Waals surface area (Å²) in [5.74, 6) is -6.07. The molecule has 20 heteroatoms. The number of carbonyl (C=O) groups is 8. The molecule has 0 spiro atoms. The minimum Gasteiger partial charge on any atom is -0.481 e. The lowest BCUT2D eigenvalue weighted by molar-refractivity contribution is -0.143. The number of nitrogens with two attached hydrogens (primary N) is 4. The Bertz CT molecular complexity index is 1440. The summed E-state index contributed by atoms with van der Waals surface area (Å²) in [4.78, 5) is 94.9. The molecule has 4 rings (SSSR count). The Balaban J connectivity index is 0. The Labute approximate surface area is 295 Å². The molecule has 4 aromatic rings. The summed E-state index contributed by atoms with van der Waals surface area (Å²) in [5, 5.41) is 31.6. The smallest absolute Gasteiger partial charge is 0.303 e. The van der Waals surface area contributed by atoms with Gasteiger partial charge in [-0.05, 0) is 48.5 Å². The molecule has 52 heavy (non-hydrogen) atoms. The van der Waals surface area contributed by atoms with E-state index >= 15 is 0 Å². The zero-order valence-electron chi connectivity index (χ0n) is 27.2. The quantitative estimate of drug-likeness (QED) is 0.111. The topological polar surface area (TPSA) is 373 Å². The largest absolute Gasteiger partial charge is 0.481 e. The van der Waals surface area contributed by atoms with Crippen LogP contribution in [0.2, 0.25) is 0 Å². The number of aliphatic carboxylic acids is 4. The first-order chi connectivity index (χ1) is 24.5. The number of nitrogens with zero attached hydrogens (tertiary/aromatic N) is 4. The molecular weight excluding hydrogens is 688 g/mol. The van der Waals surface area contributed by atoms with Gasteiger partial charge in [0.25, 0.3) is 0 Å². The molecule has 0 saturated heterocycles. The number of aromatic nitrogens is 4. The Hall–Kier alpha value is -7.64. The average molecular weight is 725 g/mol. The number of hydrogen-bond acceptors (Lipinski definition) is 12. The number of carboxylic acid groups (broad SMARTS) is 4. The SMILES string of the molecule is NC(=O)c1cccnc1.NC(=O)c1cccnc1.NC(=O)c1cccnc1.NC(=O)c1cccnc1.O=C(O)CCC(=O)O.O=C(O)CCC(=O)O. The van der Waals surface area contributed by atoms with Crippen molar-refractivity contribution in [2.75, 3.05) is 0 Å². The molecule has 0 radical (unpaired) electrons. The Morgan fingerprint density at radius 3 is 0.635 bits per heavy atom. The molecule has 276 valence electrons. The summed E-state index contributed by atoms with van der Waals surface area (Å²) >= 11 is 0. The monoisotopic (exact) mass is 724 g/mol. The van der Waals surface area contributed by atoms with Gasteiger partial charge < -0.3 is 43.4 Å².